The maximum absolute atomic E-state index is 12.5. The summed E-state index contributed by atoms with van der Waals surface area (Å²) in [5.41, 5.74) is 1.03. The van der Waals surface area contributed by atoms with Gasteiger partial charge in [0.2, 0.25) is 0 Å². The van der Waals surface area contributed by atoms with Crippen LogP contribution in [-0.2, 0) is 4.74 Å². The Morgan fingerprint density at radius 3 is 2.61 bits per heavy atom. The van der Waals surface area contributed by atoms with Gasteiger partial charge >= 0.3 is 5.97 Å². The minimum absolute atomic E-state index is 0.114. The van der Waals surface area contributed by atoms with Gasteiger partial charge in [-0.2, -0.15) is 0 Å². The molecule has 142 valence electrons. The van der Waals surface area contributed by atoms with Crippen LogP contribution in [0.25, 0.3) is 11.3 Å². The number of nitro groups is 1. The predicted octanol–water partition coefficient (Wildman–Crippen LogP) is 4.15. The Kier molecular flexibility index (Phi) is 5.75. The first-order valence-electron chi connectivity index (χ1n) is 8.28. The zero-order valence-electron chi connectivity index (χ0n) is 14.7. The third-order valence-corrected chi connectivity index (χ3v) is 4.63. The van der Waals surface area contributed by atoms with Crippen LogP contribution in [0, 0.1) is 10.1 Å². The smallest absolute Gasteiger partial charge is 0.350 e. The first-order valence-corrected chi connectivity index (χ1v) is 9.10. The number of carbonyl (C=O) groups excluding carboxylic acids is 2. The average Bonchev–Trinajstić information content (AvgIpc) is 3.13. The van der Waals surface area contributed by atoms with Crippen LogP contribution in [0.3, 0.4) is 0 Å². The maximum Gasteiger partial charge on any atom is 0.350 e. The van der Waals surface area contributed by atoms with Gasteiger partial charge < -0.3 is 4.74 Å². The van der Waals surface area contributed by atoms with Crippen LogP contribution in [0.15, 0.2) is 54.6 Å². The molecule has 3 aromatic rings. The summed E-state index contributed by atoms with van der Waals surface area (Å²) in [5.74, 6) is -1.10. The van der Waals surface area contributed by atoms with E-state index in [-0.39, 0.29) is 27.9 Å². The van der Waals surface area contributed by atoms with E-state index in [1.165, 1.54) is 24.3 Å². The summed E-state index contributed by atoms with van der Waals surface area (Å²) in [5, 5.41) is 13.7. The molecule has 0 bridgehead atoms. The van der Waals surface area contributed by atoms with E-state index < -0.39 is 16.8 Å². The highest BCUT2D eigenvalue weighted by Gasteiger charge is 2.22. The number of esters is 1. The number of amides is 1. The third kappa shape index (κ3) is 4.21. The fourth-order valence-corrected chi connectivity index (χ4v) is 3.31. The molecule has 28 heavy (non-hydrogen) atoms. The van der Waals surface area contributed by atoms with E-state index in [0.29, 0.717) is 11.3 Å². The number of nitro benzene ring substituents is 1. The molecule has 0 atom stereocenters. The molecule has 2 aromatic carbocycles. The standard InChI is InChI=1S/C19H15N3O5S/c1-2-27-18(24)16-15(12-7-4-3-5-8-12)20-19(28-16)21-17(23)13-9-6-10-14(11-13)22(25)26/h3-11H,2H2,1H3,(H,20,21,23). The molecule has 0 radical (unpaired) electrons. The third-order valence-electron chi connectivity index (χ3n) is 3.67. The highest BCUT2D eigenvalue weighted by molar-refractivity contribution is 7.18. The van der Waals surface area contributed by atoms with Crippen molar-refractivity contribution in [1.82, 2.24) is 4.98 Å². The van der Waals surface area contributed by atoms with Gasteiger partial charge in [0, 0.05) is 23.3 Å². The minimum atomic E-state index is -0.577. The molecule has 1 aromatic heterocycles. The summed E-state index contributed by atoms with van der Waals surface area (Å²) in [7, 11) is 0. The van der Waals surface area contributed by atoms with Gasteiger partial charge in [-0.15, -0.1) is 0 Å². The highest BCUT2D eigenvalue weighted by atomic mass is 32.1. The van der Waals surface area contributed by atoms with Crippen molar-refractivity contribution < 1.29 is 19.2 Å². The van der Waals surface area contributed by atoms with Gasteiger partial charge in [0.25, 0.3) is 11.6 Å². The number of non-ortho nitro benzene ring substituents is 1. The quantitative estimate of drug-likeness (QED) is 0.380. The molecule has 0 aliphatic rings. The van der Waals surface area contributed by atoms with E-state index in [9.17, 15) is 19.7 Å². The molecule has 8 nitrogen and oxygen atoms in total. The lowest BCUT2D eigenvalue weighted by Gasteiger charge is -2.01. The molecule has 0 fully saturated rings. The van der Waals surface area contributed by atoms with Crippen LogP contribution >= 0.6 is 11.3 Å². The number of hydrogen-bond acceptors (Lipinski definition) is 7. The van der Waals surface area contributed by atoms with Gasteiger partial charge in [-0.25, -0.2) is 9.78 Å². The average molecular weight is 397 g/mol. The number of benzene rings is 2. The van der Waals surface area contributed by atoms with Crippen molar-refractivity contribution in [1.29, 1.82) is 0 Å². The van der Waals surface area contributed by atoms with Crippen LogP contribution < -0.4 is 5.32 Å². The Labute approximate surface area is 164 Å². The van der Waals surface area contributed by atoms with E-state index >= 15 is 0 Å². The monoisotopic (exact) mass is 397 g/mol. The number of thiazole rings is 1. The van der Waals surface area contributed by atoms with Crippen LogP contribution in [0.1, 0.15) is 27.0 Å². The Bertz CT molecular complexity index is 1030. The van der Waals surface area contributed by atoms with Crippen LogP contribution in [0.4, 0.5) is 10.8 Å². The number of aromatic nitrogens is 1. The van der Waals surface area contributed by atoms with Gasteiger partial charge in [0.15, 0.2) is 5.13 Å². The Morgan fingerprint density at radius 2 is 1.93 bits per heavy atom. The Morgan fingerprint density at radius 1 is 1.18 bits per heavy atom. The number of anilines is 1. The normalized spacial score (nSPS) is 10.3. The number of carbonyl (C=O) groups is 2. The molecule has 0 spiro atoms. The molecular formula is C19H15N3O5S. The van der Waals surface area contributed by atoms with Gasteiger partial charge in [0.05, 0.1) is 17.2 Å². The Hall–Kier alpha value is -3.59. The molecular weight excluding hydrogens is 382 g/mol. The molecule has 1 amide bonds. The molecule has 9 heteroatoms. The highest BCUT2D eigenvalue weighted by Crippen LogP contribution is 2.32. The van der Waals surface area contributed by atoms with Crippen LogP contribution in [-0.4, -0.2) is 28.4 Å². The van der Waals surface area contributed by atoms with E-state index in [0.717, 1.165) is 11.3 Å². The van der Waals surface area contributed by atoms with Gasteiger partial charge in [-0.3, -0.25) is 20.2 Å². The van der Waals surface area contributed by atoms with Gasteiger partial charge in [-0.05, 0) is 13.0 Å². The lowest BCUT2D eigenvalue weighted by molar-refractivity contribution is -0.384. The second kappa shape index (κ2) is 8.40. The molecule has 0 saturated heterocycles. The van der Waals surface area contributed by atoms with Crippen molar-refractivity contribution in [2.24, 2.45) is 0 Å². The molecule has 3 rings (SSSR count). The largest absolute Gasteiger partial charge is 0.462 e. The second-order valence-corrected chi connectivity index (χ2v) is 6.54. The van der Waals surface area contributed by atoms with Crippen molar-refractivity contribution in [3.8, 4) is 11.3 Å². The molecule has 0 aliphatic carbocycles. The number of nitrogens with one attached hydrogen (secondary N) is 1. The summed E-state index contributed by atoms with van der Waals surface area (Å²) >= 11 is 0.984. The van der Waals surface area contributed by atoms with Crippen molar-refractivity contribution in [3.63, 3.8) is 0 Å². The van der Waals surface area contributed by atoms with Crippen LogP contribution in [0.5, 0.6) is 0 Å². The second-order valence-electron chi connectivity index (χ2n) is 5.54. The summed E-state index contributed by atoms with van der Waals surface area (Å²) in [6.07, 6.45) is 0. The Balaban J connectivity index is 1.92. The van der Waals surface area contributed by atoms with E-state index in [1.54, 1.807) is 19.1 Å². The lowest BCUT2D eigenvalue weighted by atomic mass is 10.1. The zero-order chi connectivity index (χ0) is 20.1. The summed E-state index contributed by atoms with van der Waals surface area (Å²) in [6.45, 7) is 1.91. The fourth-order valence-electron chi connectivity index (χ4n) is 2.43. The molecule has 0 aliphatic heterocycles. The van der Waals surface area contributed by atoms with E-state index in [4.69, 9.17) is 4.74 Å². The number of ether oxygens (including phenoxy) is 1. The summed E-state index contributed by atoms with van der Waals surface area (Å²) < 4.78 is 5.08. The first kappa shape index (κ1) is 19.2. The molecule has 0 unspecified atom stereocenters. The zero-order valence-corrected chi connectivity index (χ0v) is 15.6. The number of nitrogens with zero attached hydrogens (tertiary/aromatic N) is 2. The molecule has 0 saturated carbocycles. The van der Waals surface area contributed by atoms with Crippen molar-refractivity contribution >= 4 is 34.0 Å². The van der Waals surface area contributed by atoms with Crippen molar-refractivity contribution in [3.05, 3.63) is 75.2 Å². The van der Waals surface area contributed by atoms with E-state index in [2.05, 4.69) is 10.3 Å². The van der Waals surface area contributed by atoms with Gasteiger partial charge in [-0.1, -0.05) is 47.7 Å². The maximum atomic E-state index is 12.5. The summed E-state index contributed by atoms with van der Waals surface area (Å²) in [6, 6.07) is 14.4. The van der Waals surface area contributed by atoms with Crippen molar-refractivity contribution in [2.75, 3.05) is 11.9 Å². The van der Waals surface area contributed by atoms with Gasteiger partial charge in [0.1, 0.15) is 4.88 Å². The molecule has 1 N–H and O–H groups in total. The predicted molar refractivity (Wildman–Crippen MR) is 105 cm³/mol. The summed E-state index contributed by atoms with van der Waals surface area (Å²) in [4.78, 5) is 39.7. The minimum Gasteiger partial charge on any atom is -0.462 e. The topological polar surface area (TPSA) is 111 Å². The number of rotatable bonds is 6. The number of hydrogen-bond donors (Lipinski definition) is 1. The first-order chi connectivity index (χ1) is 13.5. The lowest BCUT2D eigenvalue weighted by Crippen LogP contribution is -2.11. The SMILES string of the molecule is CCOC(=O)c1sc(NC(=O)c2cccc([N+](=O)[O-])c2)nc1-c1ccccc1. The molecule has 1 heterocycles. The van der Waals surface area contributed by atoms with Crippen LogP contribution in [0.2, 0.25) is 0 Å². The fraction of sp³-hybridized carbons (Fsp3) is 0.105. The van der Waals surface area contributed by atoms with Crippen molar-refractivity contribution in [2.45, 2.75) is 6.92 Å². The van der Waals surface area contributed by atoms with E-state index in [1.807, 2.05) is 18.2 Å².